The lowest BCUT2D eigenvalue weighted by atomic mass is 10.1. The quantitative estimate of drug-likeness (QED) is 0.360. The Morgan fingerprint density at radius 1 is 1.53 bits per heavy atom. The molecule has 0 spiro atoms. The van der Waals surface area contributed by atoms with Crippen LogP contribution in [0.15, 0.2) is 23.4 Å². The van der Waals surface area contributed by atoms with Crippen LogP contribution < -0.4 is 0 Å². The molecular formula is C12H9ClN4O2. The predicted molar refractivity (Wildman–Crippen MR) is 71.6 cm³/mol. The molecule has 96 valence electrons. The molecule has 0 aliphatic carbocycles. The molecule has 0 aliphatic rings. The minimum atomic E-state index is -0.607. The number of rotatable bonds is 2. The predicted octanol–water partition coefficient (Wildman–Crippen LogP) is 3.93. The largest absolute Gasteiger partial charge is 0.465 e. The highest BCUT2D eigenvalue weighted by Crippen LogP contribution is 2.32. The number of azide groups is 1. The van der Waals surface area contributed by atoms with Gasteiger partial charge < -0.3 is 4.74 Å². The molecule has 2 rings (SSSR count). The summed E-state index contributed by atoms with van der Waals surface area (Å²) in [6, 6.07) is 3.38. The van der Waals surface area contributed by atoms with E-state index >= 15 is 0 Å². The van der Waals surface area contributed by atoms with E-state index in [0.717, 1.165) is 5.56 Å². The second-order valence-corrected chi connectivity index (χ2v) is 4.23. The highest BCUT2D eigenvalue weighted by molar-refractivity contribution is 6.32. The molecule has 19 heavy (non-hydrogen) atoms. The molecule has 1 aromatic heterocycles. The van der Waals surface area contributed by atoms with Gasteiger partial charge in [0.15, 0.2) is 0 Å². The minimum absolute atomic E-state index is 0.120. The van der Waals surface area contributed by atoms with E-state index in [0.29, 0.717) is 15.9 Å². The number of fused-ring (bicyclic) bond motifs is 1. The van der Waals surface area contributed by atoms with Gasteiger partial charge in [0.2, 0.25) is 0 Å². The van der Waals surface area contributed by atoms with Crippen molar-refractivity contribution in [2.75, 3.05) is 7.11 Å². The summed E-state index contributed by atoms with van der Waals surface area (Å²) >= 11 is 6.01. The van der Waals surface area contributed by atoms with Crippen molar-refractivity contribution in [1.29, 1.82) is 0 Å². The van der Waals surface area contributed by atoms with Gasteiger partial charge in [-0.05, 0) is 30.2 Å². The van der Waals surface area contributed by atoms with Gasteiger partial charge in [-0.2, -0.15) is 0 Å². The second kappa shape index (κ2) is 5.14. The highest BCUT2D eigenvalue weighted by Gasteiger charge is 2.15. The van der Waals surface area contributed by atoms with Crippen molar-refractivity contribution in [2.24, 2.45) is 5.11 Å². The third-order valence-electron chi connectivity index (χ3n) is 2.67. The van der Waals surface area contributed by atoms with E-state index in [1.165, 1.54) is 13.3 Å². The number of aromatic nitrogens is 1. The van der Waals surface area contributed by atoms with Crippen molar-refractivity contribution >= 4 is 34.2 Å². The number of esters is 1. The van der Waals surface area contributed by atoms with Crippen molar-refractivity contribution in [3.05, 3.63) is 44.9 Å². The Labute approximate surface area is 113 Å². The fourth-order valence-corrected chi connectivity index (χ4v) is 1.88. The molecule has 7 heteroatoms. The number of methoxy groups -OCH3 is 1. The van der Waals surface area contributed by atoms with Crippen LogP contribution >= 0.6 is 11.6 Å². The Morgan fingerprint density at radius 3 is 2.89 bits per heavy atom. The maximum absolute atomic E-state index is 11.6. The Hall–Kier alpha value is -2.30. The smallest absolute Gasteiger partial charge is 0.339 e. The zero-order valence-electron chi connectivity index (χ0n) is 10.2. The number of halogens is 1. The summed E-state index contributed by atoms with van der Waals surface area (Å²) in [5, 5.41) is 4.68. The summed E-state index contributed by atoms with van der Waals surface area (Å²) in [6.45, 7) is 1.81. The average molecular weight is 277 g/mol. The molecule has 0 atom stereocenters. The number of carbonyl (C=O) groups is 1. The lowest BCUT2D eigenvalue weighted by Crippen LogP contribution is -2.02. The number of pyridine rings is 1. The lowest BCUT2D eigenvalue weighted by molar-refractivity contribution is 0.0601. The van der Waals surface area contributed by atoms with Crippen molar-refractivity contribution in [3.63, 3.8) is 0 Å². The fourth-order valence-electron chi connectivity index (χ4n) is 1.72. The first-order valence-electron chi connectivity index (χ1n) is 5.30. The molecule has 6 nitrogen and oxygen atoms in total. The molecule has 0 N–H and O–H groups in total. The Bertz CT molecular complexity index is 723. The van der Waals surface area contributed by atoms with E-state index in [1.54, 1.807) is 12.1 Å². The molecule has 0 bridgehead atoms. The maximum atomic E-state index is 11.6. The number of aryl methyl sites for hydroxylation is 1. The normalized spacial score (nSPS) is 10.1. The molecule has 0 unspecified atom stereocenters. The third-order valence-corrected chi connectivity index (χ3v) is 3.08. The summed E-state index contributed by atoms with van der Waals surface area (Å²) in [7, 11) is 1.25. The van der Waals surface area contributed by atoms with Crippen molar-refractivity contribution in [2.45, 2.75) is 6.92 Å². The minimum Gasteiger partial charge on any atom is -0.465 e. The van der Waals surface area contributed by atoms with Gasteiger partial charge in [-0.1, -0.05) is 16.7 Å². The number of hydrogen-bond acceptors (Lipinski definition) is 4. The van der Waals surface area contributed by atoms with Crippen LogP contribution in [-0.2, 0) is 4.74 Å². The number of nitrogens with zero attached hydrogens (tertiary/aromatic N) is 4. The van der Waals surface area contributed by atoms with Crippen LogP contribution in [0.25, 0.3) is 21.3 Å². The molecule has 0 aliphatic heterocycles. The van der Waals surface area contributed by atoms with Gasteiger partial charge >= 0.3 is 5.97 Å². The number of ether oxygens (including phenoxy) is 1. The molecule has 0 saturated carbocycles. The first kappa shape index (κ1) is 13.1. The van der Waals surface area contributed by atoms with Crippen LogP contribution in [-0.4, -0.2) is 18.1 Å². The van der Waals surface area contributed by atoms with Gasteiger partial charge in [0, 0.05) is 21.5 Å². The summed E-state index contributed by atoms with van der Waals surface area (Å²) in [5.74, 6) is -0.607. The fraction of sp³-hybridized carbons (Fsp3) is 0.167. The van der Waals surface area contributed by atoms with E-state index in [9.17, 15) is 4.79 Å². The summed E-state index contributed by atoms with van der Waals surface area (Å²) in [5.41, 5.74) is 10.3. The van der Waals surface area contributed by atoms with Crippen LogP contribution in [0.1, 0.15) is 15.9 Å². The third kappa shape index (κ3) is 2.31. The van der Waals surface area contributed by atoms with Crippen LogP contribution in [0.4, 0.5) is 5.69 Å². The van der Waals surface area contributed by atoms with Crippen molar-refractivity contribution < 1.29 is 9.53 Å². The zero-order valence-corrected chi connectivity index (χ0v) is 11.0. The monoisotopic (exact) mass is 276 g/mol. The molecule has 0 amide bonds. The molecule has 1 aromatic carbocycles. The molecule has 0 radical (unpaired) electrons. The molecule has 0 fully saturated rings. The van der Waals surface area contributed by atoms with Gasteiger partial charge in [-0.25, -0.2) is 4.79 Å². The van der Waals surface area contributed by atoms with Crippen LogP contribution in [0.2, 0.25) is 5.02 Å². The van der Waals surface area contributed by atoms with E-state index < -0.39 is 5.97 Å². The lowest BCUT2D eigenvalue weighted by Gasteiger charge is -2.08. The standard InChI is InChI=1S/C12H9ClN4O2/c1-6-3-7-10(4-9(6)13)15-5-8(12(18)19-2)11(7)16-17-14/h3-5H,1-2H3. The second-order valence-electron chi connectivity index (χ2n) is 3.82. The average Bonchev–Trinajstić information content (AvgIpc) is 2.40. The Balaban J connectivity index is 2.87. The molecular weight excluding hydrogens is 268 g/mol. The molecule has 1 heterocycles. The van der Waals surface area contributed by atoms with E-state index in [-0.39, 0.29) is 11.3 Å². The van der Waals surface area contributed by atoms with Gasteiger partial charge in [0.25, 0.3) is 0 Å². The molecule has 0 saturated heterocycles. The summed E-state index contributed by atoms with van der Waals surface area (Å²) in [4.78, 5) is 18.5. The van der Waals surface area contributed by atoms with E-state index in [2.05, 4.69) is 19.7 Å². The number of benzene rings is 1. The topological polar surface area (TPSA) is 88.0 Å². The van der Waals surface area contributed by atoms with Crippen molar-refractivity contribution in [3.8, 4) is 0 Å². The Morgan fingerprint density at radius 2 is 2.26 bits per heavy atom. The van der Waals surface area contributed by atoms with Gasteiger partial charge in [0.05, 0.1) is 23.9 Å². The zero-order chi connectivity index (χ0) is 14.0. The SMILES string of the molecule is COC(=O)c1cnc2cc(Cl)c(C)cc2c1N=[N+]=[N-]. The van der Waals surface area contributed by atoms with Crippen LogP contribution in [0.5, 0.6) is 0 Å². The van der Waals surface area contributed by atoms with Gasteiger partial charge in [-0.3, -0.25) is 4.98 Å². The Kier molecular flexibility index (Phi) is 3.55. The van der Waals surface area contributed by atoms with Gasteiger partial charge in [-0.15, -0.1) is 0 Å². The van der Waals surface area contributed by atoms with Crippen LogP contribution in [0.3, 0.4) is 0 Å². The summed E-state index contributed by atoms with van der Waals surface area (Å²) < 4.78 is 4.64. The highest BCUT2D eigenvalue weighted by atomic mass is 35.5. The first-order chi connectivity index (χ1) is 9.08. The van der Waals surface area contributed by atoms with Gasteiger partial charge in [0.1, 0.15) is 0 Å². The summed E-state index contributed by atoms with van der Waals surface area (Å²) in [6.07, 6.45) is 1.31. The van der Waals surface area contributed by atoms with Crippen LogP contribution in [0, 0.1) is 6.92 Å². The first-order valence-corrected chi connectivity index (χ1v) is 5.68. The molecule has 2 aromatic rings. The van der Waals surface area contributed by atoms with E-state index in [4.69, 9.17) is 17.1 Å². The van der Waals surface area contributed by atoms with E-state index in [1.807, 2.05) is 6.92 Å². The number of carbonyl (C=O) groups excluding carboxylic acids is 1. The number of hydrogen-bond donors (Lipinski definition) is 0. The van der Waals surface area contributed by atoms with Crippen molar-refractivity contribution in [1.82, 2.24) is 4.98 Å². The maximum Gasteiger partial charge on any atom is 0.339 e.